The number of amides is 1. The predicted molar refractivity (Wildman–Crippen MR) is 89.5 cm³/mol. The Labute approximate surface area is 138 Å². The number of hydrogen-bond acceptors (Lipinski definition) is 3. The molecule has 1 atom stereocenters. The third-order valence-corrected chi connectivity index (χ3v) is 4.00. The second-order valence-electron chi connectivity index (χ2n) is 5.19. The molecule has 0 radical (unpaired) electrons. The van der Waals surface area contributed by atoms with Crippen LogP contribution in [0.4, 0.5) is 0 Å². The van der Waals surface area contributed by atoms with Crippen LogP contribution in [-0.2, 0) is 9.53 Å². The van der Waals surface area contributed by atoms with Gasteiger partial charge in [-0.2, -0.15) is 0 Å². The SMILES string of the molecule is CCC(CC)N(CCOC)C(=O)C(C)Oc1ccccc1Cl. The van der Waals surface area contributed by atoms with E-state index in [1.807, 2.05) is 17.0 Å². The van der Waals surface area contributed by atoms with Crippen molar-refractivity contribution in [2.75, 3.05) is 20.3 Å². The minimum absolute atomic E-state index is 0.0364. The van der Waals surface area contributed by atoms with Crippen molar-refractivity contribution in [2.24, 2.45) is 0 Å². The average molecular weight is 328 g/mol. The van der Waals surface area contributed by atoms with Crippen LogP contribution in [0.2, 0.25) is 5.02 Å². The van der Waals surface area contributed by atoms with Crippen LogP contribution in [0.25, 0.3) is 0 Å². The number of para-hydroxylation sites is 1. The van der Waals surface area contributed by atoms with Gasteiger partial charge in [0.2, 0.25) is 0 Å². The molecule has 0 N–H and O–H groups in total. The summed E-state index contributed by atoms with van der Waals surface area (Å²) in [4.78, 5) is 14.6. The maximum Gasteiger partial charge on any atom is 0.263 e. The third-order valence-electron chi connectivity index (χ3n) is 3.69. The number of carbonyl (C=O) groups is 1. The van der Waals surface area contributed by atoms with E-state index < -0.39 is 6.10 Å². The van der Waals surface area contributed by atoms with Crippen LogP contribution in [0.3, 0.4) is 0 Å². The standard InChI is InChI=1S/C17H26ClNO3/c1-5-14(6-2)19(11-12-21-4)17(20)13(3)22-16-10-8-7-9-15(16)18/h7-10,13-14H,5-6,11-12H2,1-4H3. The summed E-state index contributed by atoms with van der Waals surface area (Å²) in [5.74, 6) is 0.493. The zero-order valence-electron chi connectivity index (χ0n) is 13.8. The van der Waals surface area contributed by atoms with E-state index in [2.05, 4.69) is 13.8 Å². The number of halogens is 1. The fraction of sp³-hybridized carbons (Fsp3) is 0.588. The Kier molecular flexibility index (Phi) is 8.28. The fourth-order valence-electron chi connectivity index (χ4n) is 2.41. The second-order valence-corrected chi connectivity index (χ2v) is 5.59. The normalized spacial score (nSPS) is 12.3. The first kappa shape index (κ1) is 18.8. The number of nitrogens with zero attached hydrogens (tertiary/aromatic N) is 1. The maximum absolute atomic E-state index is 12.7. The third kappa shape index (κ3) is 5.18. The van der Waals surface area contributed by atoms with Crippen LogP contribution in [0.1, 0.15) is 33.6 Å². The van der Waals surface area contributed by atoms with Gasteiger partial charge in [0.05, 0.1) is 11.6 Å². The van der Waals surface area contributed by atoms with Crippen molar-refractivity contribution >= 4 is 17.5 Å². The van der Waals surface area contributed by atoms with Gasteiger partial charge in [0.1, 0.15) is 5.75 Å². The van der Waals surface area contributed by atoms with Gasteiger partial charge >= 0.3 is 0 Å². The highest BCUT2D eigenvalue weighted by Crippen LogP contribution is 2.25. The zero-order valence-corrected chi connectivity index (χ0v) is 14.6. The summed E-state index contributed by atoms with van der Waals surface area (Å²) in [6.45, 7) is 7.01. The first-order valence-corrected chi connectivity index (χ1v) is 8.13. The molecule has 5 heteroatoms. The molecule has 124 valence electrons. The smallest absolute Gasteiger partial charge is 0.263 e. The summed E-state index contributed by atoms with van der Waals surface area (Å²) in [5, 5.41) is 0.508. The van der Waals surface area contributed by atoms with E-state index in [4.69, 9.17) is 21.1 Å². The monoisotopic (exact) mass is 327 g/mol. The summed E-state index contributed by atoms with van der Waals surface area (Å²) in [6.07, 6.45) is 1.23. The van der Waals surface area contributed by atoms with Crippen molar-refractivity contribution in [1.82, 2.24) is 4.90 Å². The van der Waals surface area contributed by atoms with Crippen molar-refractivity contribution in [3.05, 3.63) is 29.3 Å². The second kappa shape index (κ2) is 9.70. The summed E-state index contributed by atoms with van der Waals surface area (Å²) in [7, 11) is 1.64. The summed E-state index contributed by atoms with van der Waals surface area (Å²) in [6, 6.07) is 7.37. The van der Waals surface area contributed by atoms with Crippen molar-refractivity contribution in [2.45, 2.75) is 45.8 Å². The van der Waals surface area contributed by atoms with Crippen LogP contribution >= 0.6 is 11.6 Å². The lowest BCUT2D eigenvalue weighted by molar-refractivity contribution is -0.141. The zero-order chi connectivity index (χ0) is 16.5. The Hall–Kier alpha value is -1.26. The van der Waals surface area contributed by atoms with Gasteiger partial charge in [-0.15, -0.1) is 0 Å². The quantitative estimate of drug-likeness (QED) is 0.693. The molecule has 0 aromatic heterocycles. The maximum atomic E-state index is 12.7. The molecule has 0 aliphatic rings. The van der Waals surface area contributed by atoms with Crippen molar-refractivity contribution in [3.63, 3.8) is 0 Å². The number of rotatable bonds is 9. The number of ether oxygens (including phenoxy) is 2. The van der Waals surface area contributed by atoms with Crippen LogP contribution in [0.15, 0.2) is 24.3 Å². The Morgan fingerprint density at radius 1 is 1.27 bits per heavy atom. The lowest BCUT2D eigenvalue weighted by atomic mass is 10.1. The van der Waals surface area contributed by atoms with Gasteiger partial charge in [0.25, 0.3) is 5.91 Å². The van der Waals surface area contributed by atoms with Gasteiger partial charge in [-0.1, -0.05) is 37.6 Å². The summed E-state index contributed by atoms with van der Waals surface area (Å²) < 4.78 is 10.9. The Balaban J connectivity index is 2.81. The van der Waals surface area contributed by atoms with Gasteiger partial charge in [-0.05, 0) is 31.9 Å². The summed E-state index contributed by atoms with van der Waals surface area (Å²) >= 11 is 6.08. The van der Waals surface area contributed by atoms with E-state index in [9.17, 15) is 4.79 Å². The topological polar surface area (TPSA) is 38.8 Å². The highest BCUT2D eigenvalue weighted by atomic mass is 35.5. The van der Waals surface area contributed by atoms with E-state index in [0.717, 1.165) is 12.8 Å². The molecule has 0 heterocycles. The van der Waals surface area contributed by atoms with Crippen LogP contribution in [-0.4, -0.2) is 43.2 Å². The Morgan fingerprint density at radius 3 is 2.45 bits per heavy atom. The van der Waals surface area contributed by atoms with Crippen molar-refractivity contribution in [3.8, 4) is 5.75 Å². The lowest BCUT2D eigenvalue weighted by Crippen LogP contribution is -2.47. The molecule has 22 heavy (non-hydrogen) atoms. The molecule has 4 nitrogen and oxygen atoms in total. The van der Waals surface area contributed by atoms with E-state index in [1.165, 1.54) is 0 Å². The molecule has 0 bridgehead atoms. The molecule has 1 rings (SSSR count). The van der Waals surface area contributed by atoms with Crippen LogP contribution in [0, 0.1) is 0 Å². The largest absolute Gasteiger partial charge is 0.479 e. The number of benzene rings is 1. The molecule has 1 amide bonds. The lowest BCUT2D eigenvalue weighted by Gasteiger charge is -2.32. The average Bonchev–Trinajstić information content (AvgIpc) is 2.53. The number of carbonyl (C=O) groups excluding carboxylic acids is 1. The first-order chi connectivity index (χ1) is 10.5. The van der Waals surface area contributed by atoms with E-state index in [1.54, 1.807) is 26.2 Å². The number of methoxy groups -OCH3 is 1. The molecule has 0 saturated heterocycles. The van der Waals surface area contributed by atoms with Crippen molar-refractivity contribution in [1.29, 1.82) is 0 Å². The van der Waals surface area contributed by atoms with Gasteiger partial charge < -0.3 is 14.4 Å². The van der Waals surface area contributed by atoms with Gasteiger partial charge in [0.15, 0.2) is 6.10 Å². The first-order valence-electron chi connectivity index (χ1n) is 7.75. The molecule has 1 unspecified atom stereocenters. The highest BCUT2D eigenvalue weighted by molar-refractivity contribution is 6.32. The molecule has 0 aliphatic carbocycles. The van der Waals surface area contributed by atoms with Gasteiger partial charge in [-0.3, -0.25) is 4.79 Å². The molecular weight excluding hydrogens is 302 g/mol. The molecule has 0 saturated carbocycles. The molecule has 1 aromatic carbocycles. The number of hydrogen-bond donors (Lipinski definition) is 0. The predicted octanol–water partition coefficient (Wildman–Crippen LogP) is 3.77. The minimum atomic E-state index is -0.586. The van der Waals surface area contributed by atoms with E-state index in [0.29, 0.717) is 23.9 Å². The van der Waals surface area contributed by atoms with Crippen molar-refractivity contribution < 1.29 is 14.3 Å². The minimum Gasteiger partial charge on any atom is -0.479 e. The van der Waals surface area contributed by atoms with Crippen LogP contribution < -0.4 is 4.74 Å². The van der Waals surface area contributed by atoms with Gasteiger partial charge in [-0.25, -0.2) is 0 Å². The molecular formula is C17H26ClNO3. The summed E-state index contributed by atoms with van der Waals surface area (Å²) in [5.41, 5.74) is 0. The molecule has 0 fully saturated rings. The van der Waals surface area contributed by atoms with E-state index in [-0.39, 0.29) is 11.9 Å². The molecule has 0 spiro atoms. The highest BCUT2D eigenvalue weighted by Gasteiger charge is 2.26. The molecule has 0 aliphatic heterocycles. The van der Waals surface area contributed by atoms with Gasteiger partial charge in [0, 0.05) is 19.7 Å². The Morgan fingerprint density at radius 2 is 1.91 bits per heavy atom. The van der Waals surface area contributed by atoms with Crippen LogP contribution in [0.5, 0.6) is 5.75 Å². The fourth-order valence-corrected chi connectivity index (χ4v) is 2.59. The van der Waals surface area contributed by atoms with E-state index >= 15 is 0 Å². The molecule has 1 aromatic rings. The Bertz CT molecular complexity index is 463.